The number of hydrogen-bond donors (Lipinski definition) is 0. The highest BCUT2D eigenvalue weighted by molar-refractivity contribution is 9.10. The van der Waals surface area contributed by atoms with E-state index in [1.807, 2.05) is 7.05 Å². The Balaban J connectivity index is 3.00. The van der Waals surface area contributed by atoms with Crippen molar-refractivity contribution in [3.8, 4) is 0 Å². The summed E-state index contributed by atoms with van der Waals surface area (Å²) in [5.74, 6) is -0.0133. The average Bonchev–Trinajstić information content (AvgIpc) is 2.23. The Bertz CT molecular complexity index is 433. The lowest BCUT2D eigenvalue weighted by molar-refractivity contribution is 0.0629. The van der Waals surface area contributed by atoms with E-state index in [0.29, 0.717) is 10.6 Å². The normalized spacial score (nSPS) is 13.3. The fourth-order valence-corrected chi connectivity index (χ4v) is 2.50. The summed E-state index contributed by atoms with van der Waals surface area (Å²) in [6, 6.07) is 5.40. The number of rotatable bonds is 2. The molecule has 1 aromatic rings. The highest BCUT2D eigenvalue weighted by atomic mass is 79.9. The van der Waals surface area contributed by atoms with E-state index >= 15 is 0 Å². The zero-order valence-electron chi connectivity index (χ0n) is 11.4. The van der Waals surface area contributed by atoms with E-state index in [-0.39, 0.29) is 17.4 Å². The van der Waals surface area contributed by atoms with E-state index in [0.717, 1.165) is 4.47 Å². The van der Waals surface area contributed by atoms with Gasteiger partial charge in [0.25, 0.3) is 5.91 Å². The predicted molar refractivity (Wildman–Crippen MR) is 80.2 cm³/mol. The van der Waals surface area contributed by atoms with E-state index in [2.05, 4.69) is 43.6 Å². The molecule has 1 atom stereocenters. The number of carbonyl (C=O) groups excluding carboxylic acids is 1. The fourth-order valence-electron chi connectivity index (χ4n) is 1.64. The van der Waals surface area contributed by atoms with Gasteiger partial charge in [-0.3, -0.25) is 4.79 Å². The Morgan fingerprint density at radius 2 is 1.89 bits per heavy atom. The number of amides is 1. The topological polar surface area (TPSA) is 20.3 Å². The number of hydrogen-bond acceptors (Lipinski definition) is 1. The van der Waals surface area contributed by atoms with Gasteiger partial charge in [-0.1, -0.05) is 48.3 Å². The third kappa shape index (κ3) is 3.72. The van der Waals surface area contributed by atoms with Crippen molar-refractivity contribution < 1.29 is 4.79 Å². The SMILES string of the molecule is CC(N(C)C(=O)c1cc(Cl)cc(Br)c1)C(C)(C)C. The van der Waals surface area contributed by atoms with Gasteiger partial charge in [0.2, 0.25) is 0 Å². The van der Waals surface area contributed by atoms with E-state index in [4.69, 9.17) is 11.6 Å². The number of carbonyl (C=O) groups is 1. The molecule has 0 saturated carbocycles. The van der Waals surface area contributed by atoms with Crippen LogP contribution in [0.2, 0.25) is 5.02 Å². The minimum absolute atomic E-state index is 0.0133. The fraction of sp³-hybridized carbons (Fsp3) is 0.500. The Kier molecular flexibility index (Phi) is 4.84. The number of nitrogens with zero attached hydrogens (tertiary/aromatic N) is 1. The van der Waals surface area contributed by atoms with E-state index in [9.17, 15) is 4.79 Å². The lowest BCUT2D eigenvalue weighted by Gasteiger charge is -2.35. The molecular weight excluding hydrogens is 314 g/mol. The molecule has 100 valence electrons. The smallest absolute Gasteiger partial charge is 0.253 e. The van der Waals surface area contributed by atoms with Crippen LogP contribution in [0.1, 0.15) is 38.1 Å². The summed E-state index contributed by atoms with van der Waals surface area (Å²) in [5.41, 5.74) is 0.646. The van der Waals surface area contributed by atoms with Crippen LogP contribution in [0, 0.1) is 5.41 Å². The molecule has 1 unspecified atom stereocenters. The van der Waals surface area contributed by atoms with Gasteiger partial charge >= 0.3 is 0 Å². The predicted octanol–water partition coefficient (Wildman–Crippen LogP) is 4.61. The van der Waals surface area contributed by atoms with Crippen LogP contribution in [0.25, 0.3) is 0 Å². The lowest BCUT2D eigenvalue weighted by Crippen LogP contribution is -2.42. The summed E-state index contributed by atoms with van der Waals surface area (Å²) >= 11 is 9.32. The molecule has 0 heterocycles. The van der Waals surface area contributed by atoms with Crippen LogP contribution in [0.15, 0.2) is 22.7 Å². The van der Waals surface area contributed by atoms with Gasteiger partial charge in [0.05, 0.1) is 0 Å². The first-order chi connectivity index (χ1) is 8.12. The van der Waals surface area contributed by atoms with Crippen LogP contribution >= 0.6 is 27.5 Å². The number of halogens is 2. The molecule has 0 aromatic heterocycles. The molecule has 0 fully saturated rings. The zero-order chi connectivity index (χ0) is 14.1. The van der Waals surface area contributed by atoms with Crippen LogP contribution in [0.5, 0.6) is 0 Å². The second-order valence-corrected chi connectivity index (χ2v) is 6.97. The molecule has 0 spiro atoms. The van der Waals surface area contributed by atoms with Gasteiger partial charge in [0.1, 0.15) is 0 Å². The summed E-state index contributed by atoms with van der Waals surface area (Å²) in [6.07, 6.45) is 0. The summed E-state index contributed by atoms with van der Waals surface area (Å²) in [6.45, 7) is 8.41. The molecule has 0 aliphatic carbocycles. The maximum atomic E-state index is 12.4. The lowest BCUT2D eigenvalue weighted by atomic mass is 9.87. The van der Waals surface area contributed by atoms with Crippen LogP contribution < -0.4 is 0 Å². The standard InChI is InChI=1S/C14H19BrClNO/c1-9(14(2,3)4)17(5)13(18)10-6-11(15)8-12(16)7-10/h6-9H,1-5H3. The third-order valence-corrected chi connectivity index (χ3v) is 3.94. The Morgan fingerprint density at radius 3 is 2.33 bits per heavy atom. The molecular formula is C14H19BrClNO. The van der Waals surface area contributed by atoms with Crippen molar-refractivity contribution in [3.63, 3.8) is 0 Å². The Labute approximate surface area is 122 Å². The quantitative estimate of drug-likeness (QED) is 0.774. The molecule has 0 saturated heterocycles. The second kappa shape index (κ2) is 5.62. The molecule has 1 aromatic carbocycles. The summed E-state index contributed by atoms with van der Waals surface area (Å²) in [7, 11) is 1.83. The largest absolute Gasteiger partial charge is 0.338 e. The molecule has 0 aliphatic rings. The summed E-state index contributed by atoms with van der Waals surface area (Å²) in [4.78, 5) is 14.1. The van der Waals surface area contributed by atoms with Crippen molar-refractivity contribution in [2.75, 3.05) is 7.05 Å². The van der Waals surface area contributed by atoms with Crippen molar-refractivity contribution in [3.05, 3.63) is 33.3 Å². The van der Waals surface area contributed by atoms with Gasteiger partial charge < -0.3 is 4.90 Å². The van der Waals surface area contributed by atoms with Crippen LogP contribution in [0.3, 0.4) is 0 Å². The van der Waals surface area contributed by atoms with Gasteiger partial charge in [0.15, 0.2) is 0 Å². The van der Waals surface area contributed by atoms with E-state index in [1.165, 1.54) is 0 Å². The van der Waals surface area contributed by atoms with Gasteiger partial charge in [-0.05, 0) is 30.5 Å². The van der Waals surface area contributed by atoms with Crippen molar-refractivity contribution in [2.24, 2.45) is 5.41 Å². The first-order valence-electron chi connectivity index (χ1n) is 5.86. The van der Waals surface area contributed by atoms with Crippen molar-refractivity contribution in [2.45, 2.75) is 33.7 Å². The van der Waals surface area contributed by atoms with E-state index in [1.54, 1.807) is 23.1 Å². The average molecular weight is 333 g/mol. The molecule has 0 radical (unpaired) electrons. The molecule has 0 bridgehead atoms. The highest BCUT2D eigenvalue weighted by Gasteiger charge is 2.27. The van der Waals surface area contributed by atoms with Gasteiger partial charge in [0, 0.05) is 28.1 Å². The Morgan fingerprint density at radius 1 is 1.33 bits per heavy atom. The van der Waals surface area contributed by atoms with Crippen LogP contribution in [-0.4, -0.2) is 23.9 Å². The summed E-state index contributed by atoms with van der Waals surface area (Å²) < 4.78 is 0.815. The third-order valence-electron chi connectivity index (χ3n) is 3.26. The van der Waals surface area contributed by atoms with E-state index < -0.39 is 0 Å². The molecule has 4 heteroatoms. The van der Waals surface area contributed by atoms with Crippen molar-refractivity contribution >= 4 is 33.4 Å². The molecule has 0 N–H and O–H groups in total. The van der Waals surface area contributed by atoms with Gasteiger partial charge in [-0.25, -0.2) is 0 Å². The highest BCUT2D eigenvalue weighted by Crippen LogP contribution is 2.26. The minimum Gasteiger partial charge on any atom is -0.338 e. The molecule has 1 rings (SSSR count). The minimum atomic E-state index is -0.0133. The second-order valence-electron chi connectivity index (χ2n) is 5.62. The van der Waals surface area contributed by atoms with Crippen LogP contribution in [0.4, 0.5) is 0 Å². The first kappa shape index (κ1) is 15.5. The van der Waals surface area contributed by atoms with Crippen LogP contribution in [-0.2, 0) is 0 Å². The molecule has 18 heavy (non-hydrogen) atoms. The maximum Gasteiger partial charge on any atom is 0.253 e. The monoisotopic (exact) mass is 331 g/mol. The zero-order valence-corrected chi connectivity index (χ0v) is 13.8. The number of benzene rings is 1. The molecule has 2 nitrogen and oxygen atoms in total. The van der Waals surface area contributed by atoms with Gasteiger partial charge in [-0.2, -0.15) is 0 Å². The molecule has 1 amide bonds. The molecule has 0 aliphatic heterocycles. The van der Waals surface area contributed by atoms with Crippen molar-refractivity contribution in [1.82, 2.24) is 4.90 Å². The first-order valence-corrected chi connectivity index (χ1v) is 7.03. The van der Waals surface area contributed by atoms with Gasteiger partial charge in [-0.15, -0.1) is 0 Å². The summed E-state index contributed by atoms with van der Waals surface area (Å²) in [5, 5.41) is 0.560. The van der Waals surface area contributed by atoms with Crippen molar-refractivity contribution in [1.29, 1.82) is 0 Å². The maximum absolute atomic E-state index is 12.4. The Hall–Kier alpha value is -0.540.